The molecule has 0 aliphatic carbocycles. The first-order valence-corrected chi connectivity index (χ1v) is 16.1. The molecule has 2 saturated heterocycles. The number of hydrogen-bond acceptors (Lipinski definition) is 5. The molecule has 1 unspecified atom stereocenters. The van der Waals surface area contributed by atoms with E-state index in [0.29, 0.717) is 12.6 Å². The van der Waals surface area contributed by atoms with Crippen LogP contribution in [-0.4, -0.2) is 77.7 Å². The molecule has 0 bridgehead atoms. The third-order valence-electron chi connectivity index (χ3n) is 9.05. The Morgan fingerprint density at radius 3 is 2.50 bits per heavy atom. The molecule has 2 aliphatic rings. The number of imidazole rings is 1. The highest BCUT2D eigenvalue weighted by Crippen LogP contribution is 2.31. The smallest absolute Gasteiger partial charge is 0.322 e. The highest BCUT2D eigenvalue weighted by atomic mass is 16.5. The van der Waals surface area contributed by atoms with Crippen molar-refractivity contribution in [3.63, 3.8) is 0 Å². The molecular weight excluding hydrogens is 548 g/mol. The number of carbonyl (C=O) groups excluding carboxylic acids is 1. The van der Waals surface area contributed by atoms with Gasteiger partial charge in [0.15, 0.2) is 0 Å². The van der Waals surface area contributed by atoms with E-state index in [1.165, 1.54) is 17.7 Å². The summed E-state index contributed by atoms with van der Waals surface area (Å²) in [5.74, 6) is 1.74. The number of carbonyl (C=O) groups is 1. The van der Waals surface area contributed by atoms with Gasteiger partial charge in [-0.3, -0.25) is 4.90 Å². The van der Waals surface area contributed by atoms with Crippen LogP contribution in [0.25, 0.3) is 22.4 Å². The van der Waals surface area contributed by atoms with Crippen LogP contribution in [0, 0.1) is 0 Å². The first kappa shape index (κ1) is 30.0. The van der Waals surface area contributed by atoms with E-state index in [-0.39, 0.29) is 11.4 Å². The Morgan fingerprint density at radius 2 is 1.75 bits per heavy atom. The maximum absolute atomic E-state index is 12.7. The Hall–Kier alpha value is -4.04. The fourth-order valence-corrected chi connectivity index (χ4v) is 6.28. The van der Waals surface area contributed by atoms with Crippen molar-refractivity contribution in [3.8, 4) is 17.1 Å². The first-order chi connectivity index (χ1) is 21.2. The molecule has 3 heterocycles. The number of amides is 2. The number of aromatic nitrogens is 2. The number of fused-ring (bicyclic) bond motifs is 1. The van der Waals surface area contributed by atoms with Gasteiger partial charge in [-0.25, -0.2) is 9.78 Å². The molecule has 232 valence electrons. The number of hydrogen-bond donors (Lipinski definition) is 2. The van der Waals surface area contributed by atoms with Crippen molar-refractivity contribution in [1.29, 1.82) is 0 Å². The molecule has 0 saturated carbocycles. The van der Waals surface area contributed by atoms with Crippen LogP contribution in [0.5, 0.6) is 5.75 Å². The van der Waals surface area contributed by atoms with Gasteiger partial charge >= 0.3 is 6.03 Å². The van der Waals surface area contributed by atoms with Crippen LogP contribution in [0.2, 0.25) is 0 Å². The summed E-state index contributed by atoms with van der Waals surface area (Å²) in [6, 6.07) is 23.1. The van der Waals surface area contributed by atoms with Crippen molar-refractivity contribution in [2.45, 2.75) is 58.4 Å². The predicted molar refractivity (Wildman–Crippen MR) is 180 cm³/mol. The third kappa shape index (κ3) is 6.86. The van der Waals surface area contributed by atoms with Gasteiger partial charge in [0.1, 0.15) is 23.7 Å². The number of piperidine rings is 1. The molecule has 44 heavy (non-hydrogen) atoms. The lowest BCUT2D eigenvalue weighted by Crippen LogP contribution is -2.47. The second-order valence-electron chi connectivity index (χ2n) is 13.3. The predicted octanol–water partition coefficient (Wildman–Crippen LogP) is 7.13. The summed E-state index contributed by atoms with van der Waals surface area (Å²) in [6.07, 6.45) is 3.35. The zero-order valence-electron chi connectivity index (χ0n) is 26.6. The molecule has 6 rings (SSSR count). The van der Waals surface area contributed by atoms with Crippen molar-refractivity contribution in [1.82, 2.24) is 19.8 Å². The SMILES string of the molecule is CC1CCCCN1C(=O)Nc1ccc(OCCN2CCN(c3cccc4[nH]c(-c5cccc(C(C)(C)C)c5)nc34)CC2)cc1. The number of aromatic amines is 1. The van der Waals surface area contributed by atoms with Gasteiger partial charge in [-0.1, -0.05) is 45.0 Å². The third-order valence-corrected chi connectivity index (χ3v) is 9.05. The van der Waals surface area contributed by atoms with E-state index in [0.717, 1.165) is 86.0 Å². The number of nitrogens with zero attached hydrogens (tertiary/aromatic N) is 4. The number of para-hydroxylation sites is 1. The van der Waals surface area contributed by atoms with E-state index in [9.17, 15) is 4.79 Å². The average Bonchev–Trinajstić information content (AvgIpc) is 3.47. The van der Waals surface area contributed by atoms with Crippen LogP contribution in [0.3, 0.4) is 0 Å². The summed E-state index contributed by atoms with van der Waals surface area (Å²) in [4.78, 5) is 28.1. The fourth-order valence-electron chi connectivity index (χ4n) is 6.28. The Morgan fingerprint density at radius 1 is 0.977 bits per heavy atom. The van der Waals surface area contributed by atoms with Crippen molar-refractivity contribution in [2.24, 2.45) is 0 Å². The van der Waals surface area contributed by atoms with Crippen molar-refractivity contribution in [3.05, 3.63) is 72.3 Å². The van der Waals surface area contributed by atoms with Gasteiger partial charge in [0.2, 0.25) is 0 Å². The second-order valence-corrected chi connectivity index (χ2v) is 13.3. The number of urea groups is 1. The number of H-pyrrole nitrogens is 1. The summed E-state index contributed by atoms with van der Waals surface area (Å²) in [5.41, 5.74) is 6.61. The van der Waals surface area contributed by atoms with E-state index in [1.54, 1.807) is 0 Å². The summed E-state index contributed by atoms with van der Waals surface area (Å²) in [7, 11) is 0. The largest absolute Gasteiger partial charge is 0.492 e. The molecule has 0 spiro atoms. The molecule has 8 nitrogen and oxygen atoms in total. The standard InChI is InChI=1S/C36H46N6O2/c1-26-9-5-6-18-42(26)35(43)37-29-14-16-30(17-15-29)44-24-23-40-19-21-41(22-20-40)32-13-8-12-31-33(32)39-34(38-31)27-10-7-11-28(25-27)36(2,3)4/h7-8,10-17,25-26H,5-6,9,18-24H2,1-4H3,(H,37,43)(H,38,39). The van der Waals surface area contributed by atoms with Crippen LogP contribution in [-0.2, 0) is 5.41 Å². The molecule has 2 aliphatic heterocycles. The topological polar surface area (TPSA) is 76.7 Å². The minimum Gasteiger partial charge on any atom is -0.492 e. The van der Waals surface area contributed by atoms with Crippen LogP contribution in [0.4, 0.5) is 16.2 Å². The number of ether oxygens (including phenoxy) is 1. The minimum absolute atomic E-state index is 0.0140. The van der Waals surface area contributed by atoms with Gasteiger partial charge in [-0.2, -0.15) is 0 Å². The van der Waals surface area contributed by atoms with E-state index >= 15 is 0 Å². The Balaban J connectivity index is 0.997. The molecule has 2 N–H and O–H groups in total. The molecule has 4 aromatic rings. The van der Waals surface area contributed by atoms with E-state index < -0.39 is 0 Å². The van der Waals surface area contributed by atoms with Crippen LogP contribution in [0.15, 0.2) is 66.7 Å². The fraction of sp³-hybridized carbons (Fsp3) is 0.444. The Kier molecular flexibility index (Phi) is 8.80. The van der Waals surface area contributed by atoms with Crippen LogP contribution >= 0.6 is 0 Å². The minimum atomic E-state index is -0.0140. The van der Waals surface area contributed by atoms with Gasteiger partial charge in [-0.15, -0.1) is 0 Å². The Bertz CT molecular complexity index is 1570. The number of benzene rings is 3. The second kappa shape index (κ2) is 12.9. The number of rotatable bonds is 7. The average molecular weight is 595 g/mol. The van der Waals surface area contributed by atoms with Crippen LogP contribution < -0.4 is 15.0 Å². The van der Waals surface area contributed by atoms with E-state index in [2.05, 4.69) is 90.3 Å². The first-order valence-electron chi connectivity index (χ1n) is 16.1. The van der Waals surface area contributed by atoms with Gasteiger partial charge < -0.3 is 24.8 Å². The number of piperazine rings is 1. The van der Waals surface area contributed by atoms with Crippen LogP contribution in [0.1, 0.15) is 52.5 Å². The van der Waals surface area contributed by atoms with E-state index in [4.69, 9.17) is 9.72 Å². The molecule has 8 heteroatoms. The summed E-state index contributed by atoms with van der Waals surface area (Å²) < 4.78 is 6.05. The van der Waals surface area contributed by atoms with Gasteiger partial charge in [0, 0.05) is 56.6 Å². The van der Waals surface area contributed by atoms with Gasteiger partial charge in [-0.05, 0) is 79.6 Å². The lowest BCUT2D eigenvalue weighted by Gasteiger charge is -2.36. The molecule has 3 aromatic carbocycles. The zero-order valence-corrected chi connectivity index (χ0v) is 26.6. The molecule has 2 amide bonds. The monoisotopic (exact) mass is 594 g/mol. The quantitative estimate of drug-likeness (QED) is 0.238. The summed E-state index contributed by atoms with van der Waals surface area (Å²) >= 11 is 0. The summed E-state index contributed by atoms with van der Waals surface area (Å²) in [6.45, 7) is 15.0. The molecule has 0 radical (unpaired) electrons. The maximum atomic E-state index is 12.7. The van der Waals surface area contributed by atoms with Gasteiger partial charge in [0.25, 0.3) is 0 Å². The maximum Gasteiger partial charge on any atom is 0.322 e. The Labute approximate surface area is 261 Å². The lowest BCUT2D eigenvalue weighted by molar-refractivity contribution is 0.170. The lowest BCUT2D eigenvalue weighted by atomic mass is 9.86. The molecular formula is C36H46N6O2. The van der Waals surface area contributed by atoms with Gasteiger partial charge in [0.05, 0.1) is 11.2 Å². The number of likely N-dealkylation sites (tertiary alicyclic amines) is 1. The molecule has 1 atom stereocenters. The van der Waals surface area contributed by atoms with Crippen molar-refractivity contribution >= 4 is 28.4 Å². The van der Waals surface area contributed by atoms with Crippen molar-refractivity contribution in [2.75, 3.05) is 56.1 Å². The highest BCUT2D eigenvalue weighted by molar-refractivity contribution is 5.91. The highest BCUT2D eigenvalue weighted by Gasteiger charge is 2.24. The normalized spacial score (nSPS) is 18.0. The van der Waals surface area contributed by atoms with E-state index in [1.807, 2.05) is 29.2 Å². The molecule has 2 fully saturated rings. The zero-order chi connectivity index (χ0) is 30.7. The molecule has 1 aromatic heterocycles. The number of anilines is 2. The number of nitrogens with one attached hydrogen (secondary N) is 2. The van der Waals surface area contributed by atoms with Crippen molar-refractivity contribution < 1.29 is 9.53 Å². The summed E-state index contributed by atoms with van der Waals surface area (Å²) in [5, 5.41) is 3.03.